The topological polar surface area (TPSA) is 54.5 Å². The lowest BCUT2D eigenvalue weighted by molar-refractivity contribution is 0.501. The van der Waals surface area contributed by atoms with E-state index in [4.69, 9.17) is 0 Å². The van der Waals surface area contributed by atoms with Crippen molar-refractivity contribution in [2.75, 3.05) is 19.0 Å². The van der Waals surface area contributed by atoms with Crippen molar-refractivity contribution in [3.05, 3.63) is 84.6 Å². The molecule has 2 aromatic rings. The van der Waals surface area contributed by atoms with Crippen molar-refractivity contribution in [1.29, 1.82) is 0 Å². The Labute approximate surface area is 161 Å². The summed E-state index contributed by atoms with van der Waals surface area (Å²) in [6, 6.07) is 18.9. The number of rotatable bonds is 6. The Bertz CT molecular complexity index is 970. The zero-order chi connectivity index (χ0) is 19.7. The fourth-order valence-electron chi connectivity index (χ4n) is 3.41. The summed E-state index contributed by atoms with van der Waals surface area (Å²) in [4.78, 5) is 0. The lowest BCUT2D eigenvalue weighted by Gasteiger charge is -2.23. The van der Waals surface area contributed by atoms with E-state index < -0.39 is 17.2 Å². The molecule has 1 heterocycles. The molecule has 1 unspecified atom stereocenters. The van der Waals surface area contributed by atoms with Gasteiger partial charge in [0.2, 0.25) is 10.0 Å². The van der Waals surface area contributed by atoms with Gasteiger partial charge in [0, 0.05) is 35.4 Å². The van der Waals surface area contributed by atoms with E-state index in [0.29, 0.717) is 12.7 Å². The predicted octanol–water partition coefficient (Wildman–Crippen LogP) is 3.35. The molecule has 0 fully saturated rings. The van der Waals surface area contributed by atoms with Crippen LogP contribution in [-0.2, 0) is 14.6 Å². The fraction of sp³-hybridized carbons (Fsp3) is 0.238. The molecular formula is C21H24NO3PS. The van der Waals surface area contributed by atoms with Gasteiger partial charge in [-0.25, -0.2) is 8.42 Å². The van der Waals surface area contributed by atoms with Gasteiger partial charge in [-0.3, -0.25) is 4.31 Å². The Balaban J connectivity index is 2.09. The first-order chi connectivity index (χ1) is 12.7. The third kappa shape index (κ3) is 4.10. The molecule has 6 heteroatoms. The van der Waals surface area contributed by atoms with Crippen LogP contribution in [-0.4, -0.2) is 31.7 Å². The third-order valence-electron chi connectivity index (χ3n) is 4.89. The van der Waals surface area contributed by atoms with Gasteiger partial charge in [-0.2, -0.15) is 0 Å². The zero-order valence-electron chi connectivity index (χ0n) is 15.6. The number of benzene rings is 2. The first kappa shape index (κ1) is 19.7. The maximum Gasteiger partial charge on any atom is 0.231 e. The van der Waals surface area contributed by atoms with Crippen molar-refractivity contribution in [1.82, 2.24) is 4.31 Å². The van der Waals surface area contributed by atoms with Crippen LogP contribution >= 0.6 is 7.14 Å². The van der Waals surface area contributed by atoms with Crippen LogP contribution in [0.2, 0.25) is 0 Å². The van der Waals surface area contributed by atoms with Crippen LogP contribution in [0.4, 0.5) is 0 Å². The second-order valence-corrected chi connectivity index (χ2v) is 11.8. The standard InChI is InChI=1S/C21H24NO3PS/c1-17(2)21-15-22(27(3,24)25)14-18(21)16-26(23,19-10-6-4-7-11-19)20-12-8-5-9-13-20/h4-14,21H,1,15-16H2,2-3H3. The molecule has 0 N–H and O–H groups in total. The van der Waals surface area contributed by atoms with E-state index in [-0.39, 0.29) is 5.92 Å². The van der Waals surface area contributed by atoms with E-state index in [1.807, 2.05) is 67.6 Å². The smallest absolute Gasteiger partial charge is 0.231 e. The highest BCUT2D eigenvalue weighted by Crippen LogP contribution is 2.48. The van der Waals surface area contributed by atoms with E-state index in [0.717, 1.165) is 21.8 Å². The van der Waals surface area contributed by atoms with Gasteiger partial charge in [0.15, 0.2) is 0 Å². The van der Waals surface area contributed by atoms with Crippen molar-refractivity contribution in [2.45, 2.75) is 6.92 Å². The van der Waals surface area contributed by atoms with E-state index >= 15 is 0 Å². The maximum absolute atomic E-state index is 14.3. The van der Waals surface area contributed by atoms with Crippen LogP contribution < -0.4 is 10.6 Å². The van der Waals surface area contributed by atoms with Gasteiger partial charge in [-0.05, 0) is 12.5 Å². The first-order valence-electron chi connectivity index (χ1n) is 8.75. The van der Waals surface area contributed by atoms with E-state index in [9.17, 15) is 13.0 Å². The summed E-state index contributed by atoms with van der Waals surface area (Å²) in [6.45, 7) is 6.24. The maximum atomic E-state index is 14.3. The lowest BCUT2D eigenvalue weighted by atomic mass is 9.97. The molecular weight excluding hydrogens is 377 g/mol. The molecule has 0 radical (unpaired) electrons. The molecule has 1 aliphatic heterocycles. The summed E-state index contributed by atoms with van der Waals surface area (Å²) in [5, 5.41) is 1.55. The Morgan fingerprint density at radius 3 is 1.96 bits per heavy atom. The molecule has 2 aromatic carbocycles. The van der Waals surface area contributed by atoms with Gasteiger partial charge in [0.1, 0.15) is 7.14 Å². The van der Waals surface area contributed by atoms with Gasteiger partial charge in [0.25, 0.3) is 0 Å². The third-order valence-corrected chi connectivity index (χ3v) is 9.07. The molecule has 0 aliphatic carbocycles. The van der Waals surface area contributed by atoms with Crippen LogP contribution in [0.15, 0.2) is 84.6 Å². The number of hydrogen-bond acceptors (Lipinski definition) is 3. The van der Waals surface area contributed by atoms with Crippen molar-refractivity contribution in [3.63, 3.8) is 0 Å². The van der Waals surface area contributed by atoms with Gasteiger partial charge < -0.3 is 4.57 Å². The molecule has 4 nitrogen and oxygen atoms in total. The lowest BCUT2D eigenvalue weighted by Crippen LogP contribution is -2.25. The van der Waals surface area contributed by atoms with Crippen molar-refractivity contribution in [2.24, 2.45) is 5.92 Å². The quantitative estimate of drug-likeness (QED) is 0.551. The minimum absolute atomic E-state index is 0.125. The van der Waals surface area contributed by atoms with Gasteiger partial charge in [0.05, 0.1) is 6.26 Å². The molecule has 0 saturated carbocycles. The zero-order valence-corrected chi connectivity index (χ0v) is 17.3. The summed E-state index contributed by atoms with van der Waals surface area (Å²) in [7, 11) is -6.32. The molecule has 1 aliphatic rings. The van der Waals surface area contributed by atoms with Crippen molar-refractivity contribution < 1.29 is 13.0 Å². The highest BCUT2D eigenvalue weighted by Gasteiger charge is 2.36. The minimum atomic E-state index is -3.36. The fourth-order valence-corrected chi connectivity index (χ4v) is 6.94. The number of hydrogen-bond donors (Lipinski definition) is 0. The number of nitrogens with zero attached hydrogens (tertiary/aromatic N) is 1. The summed E-state index contributed by atoms with van der Waals surface area (Å²) in [5.74, 6) is -0.125. The Kier molecular flexibility index (Phi) is 5.45. The van der Waals surface area contributed by atoms with Gasteiger partial charge in [-0.15, -0.1) is 0 Å². The average Bonchev–Trinajstić information content (AvgIpc) is 3.07. The van der Waals surface area contributed by atoms with Crippen LogP contribution in [0.1, 0.15) is 6.92 Å². The van der Waals surface area contributed by atoms with Crippen molar-refractivity contribution in [3.8, 4) is 0 Å². The average molecular weight is 401 g/mol. The van der Waals surface area contributed by atoms with Crippen LogP contribution in [0.25, 0.3) is 0 Å². The molecule has 142 valence electrons. The summed E-state index contributed by atoms with van der Waals surface area (Å²) >= 11 is 0. The highest BCUT2D eigenvalue weighted by molar-refractivity contribution is 7.88. The Morgan fingerprint density at radius 2 is 1.56 bits per heavy atom. The molecule has 0 amide bonds. The second kappa shape index (κ2) is 7.49. The Morgan fingerprint density at radius 1 is 1.07 bits per heavy atom. The van der Waals surface area contributed by atoms with Gasteiger partial charge >= 0.3 is 0 Å². The van der Waals surface area contributed by atoms with Crippen LogP contribution in [0.3, 0.4) is 0 Å². The molecule has 0 saturated heterocycles. The monoisotopic (exact) mass is 401 g/mol. The summed E-state index contributed by atoms with van der Waals surface area (Å²) in [6.07, 6.45) is 3.13. The first-order valence-corrected chi connectivity index (χ1v) is 12.5. The van der Waals surface area contributed by atoms with Crippen LogP contribution in [0.5, 0.6) is 0 Å². The SMILES string of the molecule is C=C(C)C1CN(S(C)(=O)=O)C=C1CP(=O)(c1ccccc1)c1ccccc1. The molecule has 0 spiro atoms. The predicted molar refractivity (Wildman–Crippen MR) is 113 cm³/mol. The Hall–Kier alpha value is -2.10. The number of sulfonamides is 1. The highest BCUT2D eigenvalue weighted by atomic mass is 32.2. The second-order valence-electron chi connectivity index (χ2n) is 7.00. The van der Waals surface area contributed by atoms with Crippen molar-refractivity contribution >= 4 is 27.8 Å². The van der Waals surface area contributed by atoms with E-state index in [2.05, 4.69) is 6.58 Å². The minimum Gasteiger partial charge on any atom is -0.313 e. The summed E-state index contributed by atoms with van der Waals surface area (Å²) in [5.41, 5.74) is 1.73. The largest absolute Gasteiger partial charge is 0.313 e. The van der Waals surface area contributed by atoms with Gasteiger partial charge in [-0.1, -0.05) is 72.8 Å². The molecule has 3 rings (SSSR count). The van der Waals surface area contributed by atoms with E-state index in [1.54, 1.807) is 6.20 Å². The normalized spacial score (nSPS) is 17.6. The molecule has 0 aromatic heterocycles. The van der Waals surface area contributed by atoms with Crippen LogP contribution in [0, 0.1) is 5.92 Å². The molecule has 27 heavy (non-hydrogen) atoms. The summed E-state index contributed by atoms with van der Waals surface area (Å²) < 4.78 is 39.7. The van der Waals surface area contributed by atoms with E-state index in [1.165, 1.54) is 10.6 Å². The molecule has 0 bridgehead atoms. The molecule has 1 atom stereocenters.